The van der Waals surface area contributed by atoms with E-state index in [0.717, 1.165) is 18.0 Å². The molecule has 5 nitrogen and oxygen atoms in total. The Kier molecular flexibility index (Phi) is 2.77. The lowest BCUT2D eigenvalue weighted by Gasteiger charge is -2.28. The maximum absolute atomic E-state index is 11.0. The van der Waals surface area contributed by atoms with Gasteiger partial charge in [-0.3, -0.25) is 0 Å². The molecule has 0 saturated carbocycles. The maximum Gasteiger partial charge on any atom is 0.213 e. The van der Waals surface area contributed by atoms with Crippen molar-refractivity contribution in [1.82, 2.24) is 0 Å². The van der Waals surface area contributed by atoms with Crippen molar-refractivity contribution in [1.29, 1.82) is 0 Å². The van der Waals surface area contributed by atoms with Crippen molar-refractivity contribution < 1.29 is 13.2 Å². The number of benzene rings is 1. The van der Waals surface area contributed by atoms with E-state index in [-0.39, 0.29) is 5.75 Å². The first-order valence-electron chi connectivity index (χ1n) is 4.93. The zero-order valence-corrected chi connectivity index (χ0v) is 9.83. The van der Waals surface area contributed by atoms with Crippen LogP contribution in [0.3, 0.4) is 0 Å². The van der Waals surface area contributed by atoms with Gasteiger partial charge in [-0.1, -0.05) is 6.07 Å². The van der Waals surface area contributed by atoms with Gasteiger partial charge in [-0.2, -0.15) is 0 Å². The first kappa shape index (κ1) is 11.2. The molecule has 1 aromatic rings. The zero-order valence-electron chi connectivity index (χ0n) is 9.01. The molecular formula is C10H14N2O3S. The van der Waals surface area contributed by atoms with E-state index >= 15 is 0 Å². The average molecular weight is 242 g/mol. The molecule has 0 aromatic heterocycles. The minimum atomic E-state index is -3.48. The average Bonchev–Trinajstić information content (AvgIpc) is 2.17. The Labute approximate surface area is 94.9 Å². The predicted molar refractivity (Wildman–Crippen MR) is 62.0 cm³/mol. The lowest BCUT2D eigenvalue weighted by molar-refractivity contribution is 0.311. The van der Waals surface area contributed by atoms with Crippen molar-refractivity contribution in [2.45, 2.75) is 5.75 Å². The van der Waals surface area contributed by atoms with Crippen LogP contribution in [0.4, 0.5) is 5.69 Å². The minimum Gasteiger partial charge on any atom is -0.490 e. The van der Waals surface area contributed by atoms with Crippen LogP contribution in [0, 0.1) is 0 Å². The summed E-state index contributed by atoms with van der Waals surface area (Å²) in [6.45, 7) is 1.45. The van der Waals surface area contributed by atoms with Crippen LogP contribution in [-0.4, -0.2) is 28.6 Å². The van der Waals surface area contributed by atoms with Crippen LogP contribution in [0.5, 0.6) is 5.75 Å². The number of ether oxygens (including phenoxy) is 1. The smallest absolute Gasteiger partial charge is 0.213 e. The van der Waals surface area contributed by atoms with E-state index in [1.807, 2.05) is 11.9 Å². The summed E-state index contributed by atoms with van der Waals surface area (Å²) in [7, 11) is -1.53. The highest BCUT2D eigenvalue weighted by Crippen LogP contribution is 2.31. The van der Waals surface area contributed by atoms with E-state index in [0.29, 0.717) is 12.2 Å². The lowest BCUT2D eigenvalue weighted by Crippen LogP contribution is -2.29. The van der Waals surface area contributed by atoms with Gasteiger partial charge in [0.1, 0.15) is 12.4 Å². The summed E-state index contributed by atoms with van der Waals surface area (Å²) < 4.78 is 27.4. The molecule has 0 bridgehead atoms. The first-order valence-corrected chi connectivity index (χ1v) is 6.64. The quantitative estimate of drug-likeness (QED) is 0.809. The number of likely N-dealkylation sites (N-methyl/N-ethyl adjacent to an activating group) is 1. The van der Waals surface area contributed by atoms with Gasteiger partial charge in [0.25, 0.3) is 0 Å². The number of sulfonamides is 1. The molecule has 0 aliphatic carbocycles. The van der Waals surface area contributed by atoms with E-state index in [1.54, 1.807) is 18.2 Å². The van der Waals surface area contributed by atoms with E-state index in [9.17, 15) is 8.42 Å². The normalized spacial score (nSPS) is 15.5. The topological polar surface area (TPSA) is 72.6 Å². The molecular weight excluding hydrogens is 228 g/mol. The van der Waals surface area contributed by atoms with E-state index in [1.165, 1.54) is 0 Å². The molecule has 0 radical (unpaired) electrons. The molecule has 16 heavy (non-hydrogen) atoms. The summed E-state index contributed by atoms with van der Waals surface area (Å²) in [4.78, 5) is 2.03. The van der Waals surface area contributed by atoms with Crippen LogP contribution < -0.4 is 14.8 Å². The molecule has 2 N–H and O–H groups in total. The highest BCUT2D eigenvalue weighted by atomic mass is 32.2. The fourth-order valence-corrected chi connectivity index (χ4v) is 2.36. The van der Waals surface area contributed by atoms with Gasteiger partial charge in [-0.25, -0.2) is 13.6 Å². The second kappa shape index (κ2) is 3.95. The van der Waals surface area contributed by atoms with E-state index in [2.05, 4.69) is 0 Å². The van der Waals surface area contributed by atoms with Crippen LogP contribution in [-0.2, 0) is 15.8 Å². The molecule has 1 aliphatic heterocycles. The summed E-state index contributed by atoms with van der Waals surface area (Å²) in [5.41, 5.74) is 1.59. The molecule has 0 saturated heterocycles. The van der Waals surface area contributed by atoms with E-state index in [4.69, 9.17) is 9.88 Å². The third-order valence-corrected chi connectivity index (χ3v) is 3.22. The Balaban J connectivity index is 2.34. The first-order chi connectivity index (χ1) is 7.46. The van der Waals surface area contributed by atoms with Crippen LogP contribution in [0.1, 0.15) is 5.56 Å². The van der Waals surface area contributed by atoms with Crippen LogP contribution in [0.15, 0.2) is 18.2 Å². The van der Waals surface area contributed by atoms with Crippen molar-refractivity contribution >= 4 is 15.7 Å². The standard InChI is InChI=1S/C10H14N2O3S/c1-12-4-5-15-10-3-2-8(6-9(10)12)7-16(11,13)14/h2-3,6H,4-5,7H2,1H3,(H2,11,13,14). The number of nitrogens with zero attached hydrogens (tertiary/aromatic N) is 1. The van der Waals surface area contributed by atoms with Crippen LogP contribution in [0.25, 0.3) is 0 Å². The Morgan fingerprint density at radius 1 is 1.50 bits per heavy atom. The SMILES string of the molecule is CN1CCOc2ccc(CS(N)(=O)=O)cc21. The largest absolute Gasteiger partial charge is 0.490 e. The Hall–Kier alpha value is -1.27. The van der Waals surface area contributed by atoms with E-state index < -0.39 is 10.0 Å². The summed E-state index contributed by atoms with van der Waals surface area (Å²) in [5, 5.41) is 5.01. The number of primary sulfonamides is 1. The highest BCUT2D eigenvalue weighted by Gasteiger charge is 2.16. The number of fused-ring (bicyclic) bond motifs is 1. The monoisotopic (exact) mass is 242 g/mol. The van der Waals surface area contributed by atoms with Crippen molar-refractivity contribution in [2.75, 3.05) is 25.1 Å². The minimum absolute atomic E-state index is 0.145. The number of nitrogens with two attached hydrogens (primary N) is 1. The third-order valence-electron chi connectivity index (χ3n) is 2.49. The second-order valence-electron chi connectivity index (χ2n) is 3.88. The Morgan fingerprint density at radius 2 is 2.25 bits per heavy atom. The number of anilines is 1. The molecule has 2 rings (SSSR count). The molecule has 1 aliphatic rings. The molecule has 0 fully saturated rings. The summed E-state index contributed by atoms with van der Waals surface area (Å²) in [6.07, 6.45) is 0. The van der Waals surface area contributed by atoms with Crippen molar-refractivity contribution in [2.24, 2.45) is 5.14 Å². The molecule has 6 heteroatoms. The van der Waals surface area contributed by atoms with Gasteiger partial charge < -0.3 is 9.64 Å². The van der Waals surface area contributed by atoms with Gasteiger partial charge in [0.15, 0.2) is 0 Å². The molecule has 0 atom stereocenters. The summed E-state index contributed by atoms with van der Waals surface area (Å²) in [6, 6.07) is 5.31. The lowest BCUT2D eigenvalue weighted by atomic mass is 10.2. The number of hydrogen-bond donors (Lipinski definition) is 1. The van der Waals surface area contributed by atoms with Crippen molar-refractivity contribution in [3.63, 3.8) is 0 Å². The molecule has 1 heterocycles. The fraction of sp³-hybridized carbons (Fsp3) is 0.400. The van der Waals surface area contributed by atoms with Crippen molar-refractivity contribution in [3.05, 3.63) is 23.8 Å². The molecule has 0 unspecified atom stereocenters. The molecule has 1 aromatic carbocycles. The van der Waals surface area contributed by atoms with Gasteiger partial charge in [-0.05, 0) is 17.7 Å². The van der Waals surface area contributed by atoms with Gasteiger partial charge in [0.2, 0.25) is 10.0 Å². The summed E-state index contributed by atoms with van der Waals surface area (Å²) in [5.74, 6) is 0.639. The fourth-order valence-electron chi connectivity index (χ4n) is 1.72. The number of rotatable bonds is 2. The molecule has 88 valence electrons. The van der Waals surface area contributed by atoms with Crippen LogP contribution in [0.2, 0.25) is 0 Å². The van der Waals surface area contributed by atoms with Gasteiger partial charge in [0, 0.05) is 7.05 Å². The Bertz CT molecular complexity index is 499. The van der Waals surface area contributed by atoms with Crippen LogP contribution >= 0.6 is 0 Å². The van der Waals surface area contributed by atoms with Crippen molar-refractivity contribution in [3.8, 4) is 5.75 Å². The highest BCUT2D eigenvalue weighted by molar-refractivity contribution is 7.88. The summed E-state index contributed by atoms with van der Waals surface area (Å²) >= 11 is 0. The second-order valence-corrected chi connectivity index (χ2v) is 5.49. The molecule has 0 amide bonds. The predicted octanol–water partition coefficient (Wildman–Crippen LogP) is 0.304. The van der Waals surface area contributed by atoms with Gasteiger partial charge >= 0.3 is 0 Å². The number of hydrogen-bond acceptors (Lipinski definition) is 4. The third kappa shape index (κ3) is 2.45. The zero-order chi connectivity index (χ0) is 11.8. The Morgan fingerprint density at radius 3 is 2.94 bits per heavy atom. The molecule has 0 spiro atoms. The maximum atomic E-state index is 11.0. The van der Waals surface area contributed by atoms with Gasteiger partial charge in [-0.15, -0.1) is 0 Å². The van der Waals surface area contributed by atoms with Gasteiger partial charge in [0.05, 0.1) is 18.0 Å².